The van der Waals surface area contributed by atoms with E-state index < -0.39 is 11.9 Å². The predicted octanol–water partition coefficient (Wildman–Crippen LogP) is 3.87. The van der Waals surface area contributed by atoms with Gasteiger partial charge in [-0.05, 0) is 38.1 Å². The number of esters is 2. The van der Waals surface area contributed by atoms with Crippen molar-refractivity contribution in [3.8, 4) is 11.5 Å². The van der Waals surface area contributed by atoms with Gasteiger partial charge in [0.25, 0.3) is 5.69 Å². The Morgan fingerprint density at radius 1 is 1.00 bits per heavy atom. The molecule has 0 atom stereocenters. The number of carbonyl (C=O) groups excluding carboxylic acids is 2. The largest absolute Gasteiger partial charge is 0.465 e. The molecule has 0 saturated heterocycles. The quantitative estimate of drug-likeness (QED) is 0.552. The maximum absolute atomic E-state index is 12.2. The van der Waals surface area contributed by atoms with Crippen molar-refractivity contribution in [1.29, 1.82) is 0 Å². The number of hydrogen-bond acceptors (Lipinski definition) is 6. The van der Waals surface area contributed by atoms with Crippen LogP contribution in [0.2, 0.25) is 0 Å². The Balaban J connectivity index is 2.45. The molecule has 7 nitrogen and oxygen atoms in total. The minimum Gasteiger partial charge on any atom is -0.465 e. The molecule has 0 aliphatic heterocycles. The van der Waals surface area contributed by atoms with Gasteiger partial charge in [-0.2, -0.15) is 0 Å². The van der Waals surface area contributed by atoms with Gasteiger partial charge in [0.15, 0.2) is 6.54 Å². The lowest BCUT2D eigenvalue weighted by Crippen LogP contribution is -2.08. The third-order valence-corrected chi connectivity index (χ3v) is 3.54. The Morgan fingerprint density at radius 2 is 1.73 bits per heavy atom. The number of nitrogens with zero attached hydrogens (tertiary/aromatic N) is 1. The van der Waals surface area contributed by atoms with E-state index in [4.69, 9.17) is 14.2 Å². The molecule has 0 spiro atoms. The average molecular weight is 358 g/mol. The number of carbonyl (C=O) groups is 2. The molecule has 2 rings (SSSR count). The Bertz CT molecular complexity index is 831. The van der Waals surface area contributed by atoms with Crippen LogP contribution >= 0.6 is 0 Å². The van der Waals surface area contributed by atoms with E-state index in [9.17, 15) is 14.5 Å². The third-order valence-electron chi connectivity index (χ3n) is 3.54. The Kier molecular flexibility index (Phi) is 6.43. The topological polar surface area (TPSA) is 81.9 Å². The second-order valence-corrected chi connectivity index (χ2v) is 5.19. The Morgan fingerprint density at radius 3 is 2.38 bits per heavy atom. The van der Waals surface area contributed by atoms with Crippen molar-refractivity contribution in [1.82, 2.24) is 0 Å². The number of benzene rings is 2. The van der Waals surface area contributed by atoms with Gasteiger partial charge in [-0.3, -0.25) is 0 Å². The van der Waals surface area contributed by atoms with E-state index in [0.717, 1.165) is 0 Å². The summed E-state index contributed by atoms with van der Waals surface area (Å²) in [5, 5.41) is 0. The van der Waals surface area contributed by atoms with Crippen molar-refractivity contribution in [3.05, 3.63) is 58.5 Å². The van der Waals surface area contributed by atoms with Crippen molar-refractivity contribution in [2.45, 2.75) is 13.8 Å². The van der Waals surface area contributed by atoms with Crippen molar-refractivity contribution < 1.29 is 28.6 Å². The van der Waals surface area contributed by atoms with Gasteiger partial charge in [0.1, 0.15) is 11.3 Å². The molecule has 0 aliphatic rings. The normalized spacial score (nSPS) is 10.1. The van der Waals surface area contributed by atoms with Crippen LogP contribution < -0.4 is 4.74 Å². The smallest absolute Gasteiger partial charge is 0.341 e. The zero-order valence-corrected chi connectivity index (χ0v) is 14.9. The maximum atomic E-state index is 12.2. The van der Waals surface area contributed by atoms with Gasteiger partial charge in [-0.25, -0.2) is 9.59 Å². The van der Waals surface area contributed by atoms with Gasteiger partial charge in [0.2, 0.25) is 5.75 Å². The van der Waals surface area contributed by atoms with Crippen molar-refractivity contribution >= 4 is 17.6 Å². The van der Waals surface area contributed by atoms with Gasteiger partial charge in [-0.15, -0.1) is 0 Å². The molecule has 0 saturated carbocycles. The average Bonchev–Trinajstić information content (AvgIpc) is 2.67. The third kappa shape index (κ3) is 4.24. The summed E-state index contributed by atoms with van der Waals surface area (Å²) < 4.78 is 16.2. The van der Waals surface area contributed by atoms with Crippen LogP contribution in [0.3, 0.4) is 0 Å². The molecule has 0 fully saturated rings. The monoisotopic (exact) mass is 358 g/mol. The fourth-order valence-corrected chi connectivity index (χ4v) is 2.26. The summed E-state index contributed by atoms with van der Waals surface area (Å²) >= 11 is 0. The molecule has 0 radical (unpaired) electrons. The number of ether oxygens (including phenoxy) is 3. The van der Waals surface area contributed by atoms with Crippen LogP contribution in [0, 0.1) is 4.91 Å². The highest BCUT2D eigenvalue weighted by Gasteiger charge is 2.24. The van der Waals surface area contributed by atoms with E-state index in [1.165, 1.54) is 25.3 Å². The number of nitroso groups, excluding NO2 is 1. The summed E-state index contributed by atoms with van der Waals surface area (Å²) in [4.78, 5) is 36.0. The van der Waals surface area contributed by atoms with E-state index in [1.807, 2.05) is 0 Å². The van der Waals surface area contributed by atoms with E-state index in [0.29, 0.717) is 4.76 Å². The standard InChI is InChI=1S/C19H20NO6/c1-4-20(23)15-12-13(18(21)25-5-2)10-11-17(15)26-16-9-7-6-8-14(16)19(22)24-3/h6-12H,4-5H2,1-3H3/q+1. The summed E-state index contributed by atoms with van der Waals surface area (Å²) in [5.41, 5.74) is 0.631. The van der Waals surface area contributed by atoms with Gasteiger partial charge < -0.3 is 14.2 Å². The van der Waals surface area contributed by atoms with Crippen molar-refractivity contribution in [2.24, 2.45) is 0 Å². The molecular formula is C19H20NO6+. The van der Waals surface area contributed by atoms with Gasteiger partial charge in [0, 0.05) is 15.7 Å². The molecule has 0 N–H and O–H groups in total. The highest BCUT2D eigenvalue weighted by molar-refractivity contribution is 5.93. The second-order valence-electron chi connectivity index (χ2n) is 5.19. The number of hydrogen-bond donors (Lipinski definition) is 0. The van der Waals surface area contributed by atoms with Crippen LogP contribution in [-0.4, -0.2) is 37.0 Å². The molecule has 0 bridgehead atoms. The highest BCUT2D eigenvalue weighted by Crippen LogP contribution is 2.34. The molecular weight excluding hydrogens is 338 g/mol. The predicted molar refractivity (Wildman–Crippen MR) is 94.1 cm³/mol. The van der Waals surface area contributed by atoms with E-state index in [1.54, 1.807) is 38.1 Å². The molecule has 26 heavy (non-hydrogen) atoms. The number of methoxy groups -OCH3 is 1. The lowest BCUT2D eigenvalue weighted by molar-refractivity contribution is -0.459. The number of para-hydroxylation sites is 1. The van der Waals surface area contributed by atoms with E-state index >= 15 is 0 Å². The minimum atomic E-state index is -0.556. The first kappa shape index (κ1) is 19.1. The lowest BCUT2D eigenvalue weighted by Gasteiger charge is -2.10. The highest BCUT2D eigenvalue weighted by atomic mass is 16.5. The summed E-state index contributed by atoms with van der Waals surface area (Å²) in [7, 11) is 1.27. The molecule has 136 valence electrons. The van der Waals surface area contributed by atoms with Crippen LogP contribution in [0.1, 0.15) is 34.6 Å². The maximum Gasteiger partial charge on any atom is 0.341 e. The molecule has 0 aliphatic carbocycles. The van der Waals surface area contributed by atoms with Gasteiger partial charge in [-0.1, -0.05) is 12.1 Å². The second kappa shape index (κ2) is 8.75. The lowest BCUT2D eigenvalue weighted by atomic mass is 10.1. The van der Waals surface area contributed by atoms with Crippen LogP contribution in [0.5, 0.6) is 11.5 Å². The fraction of sp³-hybridized carbons (Fsp3) is 0.263. The first-order chi connectivity index (χ1) is 12.5. The van der Waals surface area contributed by atoms with Crippen LogP contribution in [0.25, 0.3) is 0 Å². The zero-order chi connectivity index (χ0) is 19.1. The summed E-state index contributed by atoms with van der Waals surface area (Å²) in [6.07, 6.45) is 0. The van der Waals surface area contributed by atoms with Crippen molar-refractivity contribution in [3.63, 3.8) is 0 Å². The summed E-state index contributed by atoms with van der Waals surface area (Å²) in [5.74, 6) is -0.625. The minimum absolute atomic E-state index is 0.154. The van der Waals surface area contributed by atoms with Crippen LogP contribution in [-0.2, 0) is 9.47 Å². The van der Waals surface area contributed by atoms with Gasteiger partial charge in [0.05, 0.1) is 19.3 Å². The summed E-state index contributed by atoms with van der Waals surface area (Å²) in [6, 6.07) is 10.9. The first-order valence-electron chi connectivity index (χ1n) is 8.12. The molecule has 0 amide bonds. The fourth-order valence-electron chi connectivity index (χ4n) is 2.26. The van der Waals surface area contributed by atoms with E-state index in [-0.39, 0.29) is 41.5 Å². The Hall–Kier alpha value is -3.22. The van der Waals surface area contributed by atoms with Crippen molar-refractivity contribution in [2.75, 3.05) is 20.3 Å². The Labute approximate surface area is 151 Å². The zero-order valence-electron chi connectivity index (χ0n) is 14.9. The molecule has 0 unspecified atom stereocenters. The summed E-state index contributed by atoms with van der Waals surface area (Å²) in [6.45, 7) is 3.76. The molecule has 7 heteroatoms. The van der Waals surface area contributed by atoms with Crippen LogP contribution in [0.15, 0.2) is 42.5 Å². The molecule has 2 aromatic carbocycles. The molecule has 0 heterocycles. The number of rotatable bonds is 7. The molecule has 0 aromatic heterocycles. The SMILES string of the molecule is CCOC(=O)c1ccc(Oc2ccccc2C(=O)OC)c([N+](=O)CC)c1. The first-order valence-corrected chi connectivity index (χ1v) is 8.12. The van der Waals surface area contributed by atoms with Crippen LogP contribution in [0.4, 0.5) is 5.69 Å². The van der Waals surface area contributed by atoms with E-state index in [2.05, 4.69) is 0 Å². The molecule has 2 aromatic rings. The van der Waals surface area contributed by atoms with Gasteiger partial charge >= 0.3 is 11.9 Å².